The predicted molar refractivity (Wildman–Crippen MR) is 65.8 cm³/mol. The summed E-state index contributed by atoms with van der Waals surface area (Å²) in [6.07, 6.45) is 4.39. The minimum absolute atomic E-state index is 0.0306. The minimum Gasteiger partial charge on any atom is -0.293 e. The molecule has 0 saturated heterocycles. The van der Waals surface area contributed by atoms with Gasteiger partial charge in [-0.3, -0.25) is 4.79 Å². The molecular weight excluding hydrogens is 252 g/mol. The molecule has 0 fully saturated rings. The quantitative estimate of drug-likeness (QED) is 0.604. The molecular formula is C13H15BrO. The number of Topliss-reactive ketones (excluding diaryl/α,β-unsaturated/α-hetero) is 1. The lowest BCUT2D eigenvalue weighted by Crippen LogP contribution is -2.13. The zero-order valence-electron chi connectivity index (χ0n) is 8.92. The van der Waals surface area contributed by atoms with Gasteiger partial charge in [-0.2, -0.15) is 0 Å². The van der Waals surface area contributed by atoms with E-state index in [0.717, 1.165) is 18.4 Å². The zero-order valence-corrected chi connectivity index (χ0v) is 10.5. The van der Waals surface area contributed by atoms with Crippen molar-refractivity contribution >= 4 is 21.7 Å². The van der Waals surface area contributed by atoms with Gasteiger partial charge in [0.05, 0.1) is 4.83 Å². The van der Waals surface area contributed by atoms with Crippen LogP contribution in [0.5, 0.6) is 0 Å². The molecule has 0 saturated carbocycles. The molecule has 0 spiro atoms. The summed E-state index contributed by atoms with van der Waals surface area (Å²) in [6, 6.07) is 6.16. The van der Waals surface area contributed by atoms with Crippen molar-refractivity contribution in [2.24, 2.45) is 0 Å². The van der Waals surface area contributed by atoms with E-state index < -0.39 is 0 Å². The van der Waals surface area contributed by atoms with Crippen molar-refractivity contribution in [3.05, 3.63) is 34.9 Å². The Morgan fingerprint density at radius 1 is 1.40 bits per heavy atom. The van der Waals surface area contributed by atoms with Gasteiger partial charge < -0.3 is 0 Å². The van der Waals surface area contributed by atoms with Crippen LogP contribution < -0.4 is 0 Å². The molecule has 0 aliphatic heterocycles. The van der Waals surface area contributed by atoms with Crippen LogP contribution in [-0.2, 0) is 12.8 Å². The fourth-order valence-electron chi connectivity index (χ4n) is 2.09. The molecule has 1 aliphatic rings. The van der Waals surface area contributed by atoms with Gasteiger partial charge in [0.25, 0.3) is 0 Å². The molecule has 2 heteroatoms. The van der Waals surface area contributed by atoms with E-state index in [1.807, 2.05) is 13.0 Å². The number of fused-ring (bicyclic) bond motifs is 1. The van der Waals surface area contributed by atoms with Gasteiger partial charge in [0.2, 0.25) is 0 Å². The maximum absolute atomic E-state index is 11.9. The fourth-order valence-corrected chi connectivity index (χ4v) is 2.36. The highest BCUT2D eigenvalue weighted by Gasteiger charge is 2.17. The first kappa shape index (κ1) is 10.9. The van der Waals surface area contributed by atoms with Gasteiger partial charge in [-0.1, -0.05) is 35.0 Å². The zero-order chi connectivity index (χ0) is 10.8. The van der Waals surface area contributed by atoms with E-state index >= 15 is 0 Å². The smallest absolute Gasteiger partial charge is 0.176 e. The fraction of sp³-hybridized carbons (Fsp3) is 0.462. The highest BCUT2D eigenvalue weighted by atomic mass is 79.9. The SMILES string of the molecule is CCC(Br)C(=O)c1ccc2c(c1)CCC2. The molecule has 0 radical (unpaired) electrons. The van der Waals surface area contributed by atoms with Crippen LogP contribution in [0.1, 0.15) is 41.3 Å². The predicted octanol–water partition coefficient (Wildman–Crippen LogP) is 3.53. The largest absolute Gasteiger partial charge is 0.293 e. The monoisotopic (exact) mass is 266 g/mol. The van der Waals surface area contributed by atoms with Crippen LogP contribution in [0.15, 0.2) is 18.2 Å². The maximum atomic E-state index is 11.9. The average molecular weight is 267 g/mol. The summed E-state index contributed by atoms with van der Waals surface area (Å²) < 4.78 is 0. The Kier molecular flexibility index (Phi) is 3.25. The molecule has 1 aromatic rings. The van der Waals surface area contributed by atoms with Gasteiger partial charge in [-0.15, -0.1) is 0 Å². The number of benzene rings is 1. The first-order chi connectivity index (χ1) is 7.22. The van der Waals surface area contributed by atoms with E-state index in [4.69, 9.17) is 0 Å². The highest BCUT2D eigenvalue weighted by molar-refractivity contribution is 9.10. The van der Waals surface area contributed by atoms with E-state index in [1.165, 1.54) is 24.0 Å². The van der Waals surface area contributed by atoms with Crippen LogP contribution in [0.4, 0.5) is 0 Å². The highest BCUT2D eigenvalue weighted by Crippen LogP contribution is 2.24. The lowest BCUT2D eigenvalue weighted by Gasteiger charge is -2.07. The van der Waals surface area contributed by atoms with Crippen LogP contribution in [0.3, 0.4) is 0 Å². The number of carbonyl (C=O) groups is 1. The molecule has 80 valence electrons. The number of alkyl halides is 1. The van der Waals surface area contributed by atoms with Crippen molar-refractivity contribution in [3.63, 3.8) is 0 Å². The molecule has 1 aliphatic carbocycles. The molecule has 0 aromatic heterocycles. The minimum atomic E-state index is -0.0306. The number of aryl methyl sites for hydroxylation is 2. The standard InChI is InChI=1S/C13H15BrO/c1-2-12(14)13(15)11-7-6-9-4-3-5-10(9)8-11/h6-8,12H,2-5H2,1H3. The summed E-state index contributed by atoms with van der Waals surface area (Å²) in [6.45, 7) is 2.02. The van der Waals surface area contributed by atoms with Gasteiger partial charge >= 0.3 is 0 Å². The van der Waals surface area contributed by atoms with Gasteiger partial charge in [0.1, 0.15) is 0 Å². The number of hydrogen-bond acceptors (Lipinski definition) is 1. The second-order valence-electron chi connectivity index (χ2n) is 4.08. The van der Waals surface area contributed by atoms with Gasteiger partial charge in [0, 0.05) is 5.56 Å². The molecule has 2 rings (SSSR count). The van der Waals surface area contributed by atoms with Crippen LogP contribution >= 0.6 is 15.9 Å². The normalized spacial score (nSPS) is 16.1. The molecule has 0 bridgehead atoms. The summed E-state index contributed by atoms with van der Waals surface area (Å²) >= 11 is 3.41. The Morgan fingerprint density at radius 3 is 2.87 bits per heavy atom. The van der Waals surface area contributed by atoms with Gasteiger partial charge in [-0.25, -0.2) is 0 Å². The number of rotatable bonds is 3. The molecule has 0 N–H and O–H groups in total. The van der Waals surface area contributed by atoms with Crippen LogP contribution in [0.2, 0.25) is 0 Å². The number of halogens is 1. The third-order valence-corrected chi connectivity index (χ3v) is 4.09. The number of hydrogen-bond donors (Lipinski definition) is 0. The van der Waals surface area contributed by atoms with Crippen LogP contribution in [0, 0.1) is 0 Å². The lowest BCUT2D eigenvalue weighted by molar-refractivity contribution is 0.0990. The van der Waals surface area contributed by atoms with E-state index in [9.17, 15) is 4.79 Å². The Hall–Kier alpha value is -0.630. The lowest BCUT2D eigenvalue weighted by atomic mass is 10.0. The first-order valence-electron chi connectivity index (χ1n) is 5.52. The van der Waals surface area contributed by atoms with Crippen LogP contribution in [-0.4, -0.2) is 10.6 Å². The van der Waals surface area contributed by atoms with E-state index in [0.29, 0.717) is 0 Å². The van der Waals surface area contributed by atoms with E-state index in [-0.39, 0.29) is 10.6 Å². The summed E-state index contributed by atoms with van der Waals surface area (Å²) in [5.74, 6) is 0.215. The third-order valence-electron chi connectivity index (χ3n) is 3.03. The molecule has 0 heterocycles. The van der Waals surface area contributed by atoms with Crippen molar-refractivity contribution in [1.82, 2.24) is 0 Å². The second-order valence-corrected chi connectivity index (χ2v) is 5.18. The topological polar surface area (TPSA) is 17.1 Å². The number of carbonyl (C=O) groups excluding carboxylic acids is 1. The third kappa shape index (κ3) is 2.15. The molecule has 1 aromatic carbocycles. The molecule has 0 amide bonds. The van der Waals surface area contributed by atoms with Crippen LogP contribution in [0.25, 0.3) is 0 Å². The van der Waals surface area contributed by atoms with Crippen molar-refractivity contribution in [3.8, 4) is 0 Å². The van der Waals surface area contributed by atoms with E-state index in [1.54, 1.807) is 0 Å². The summed E-state index contributed by atoms with van der Waals surface area (Å²) in [5, 5.41) is 0. The first-order valence-corrected chi connectivity index (χ1v) is 6.44. The van der Waals surface area contributed by atoms with Crippen molar-refractivity contribution < 1.29 is 4.79 Å². The summed E-state index contributed by atoms with van der Waals surface area (Å²) in [4.78, 5) is 11.9. The number of ketones is 1. The van der Waals surface area contributed by atoms with Crippen molar-refractivity contribution in [2.75, 3.05) is 0 Å². The maximum Gasteiger partial charge on any atom is 0.176 e. The molecule has 1 unspecified atom stereocenters. The Labute approximate surface area is 99.0 Å². The Morgan fingerprint density at radius 2 is 2.13 bits per heavy atom. The van der Waals surface area contributed by atoms with Gasteiger partial charge in [0.15, 0.2) is 5.78 Å². The molecule has 1 nitrogen and oxygen atoms in total. The summed E-state index contributed by atoms with van der Waals surface area (Å²) in [5.41, 5.74) is 3.66. The van der Waals surface area contributed by atoms with Crippen molar-refractivity contribution in [2.45, 2.75) is 37.4 Å². The Balaban J connectivity index is 2.26. The molecule has 1 atom stereocenters. The molecule has 15 heavy (non-hydrogen) atoms. The van der Waals surface area contributed by atoms with Crippen molar-refractivity contribution in [1.29, 1.82) is 0 Å². The Bertz CT molecular complexity index is 384. The van der Waals surface area contributed by atoms with E-state index in [2.05, 4.69) is 28.1 Å². The average Bonchev–Trinajstić information content (AvgIpc) is 2.73. The summed E-state index contributed by atoms with van der Waals surface area (Å²) in [7, 11) is 0. The van der Waals surface area contributed by atoms with Gasteiger partial charge in [-0.05, 0) is 42.9 Å². The second kappa shape index (κ2) is 4.48.